The zero-order valence-corrected chi connectivity index (χ0v) is 16.4. The van der Waals surface area contributed by atoms with Crippen LogP contribution in [0, 0.1) is 0 Å². The number of ether oxygens (including phenoxy) is 3. The first-order valence-electron chi connectivity index (χ1n) is 9.73. The number of rotatable bonds is 0. The predicted molar refractivity (Wildman–Crippen MR) is 98.6 cm³/mol. The van der Waals surface area contributed by atoms with E-state index in [-0.39, 0.29) is 0 Å². The van der Waals surface area contributed by atoms with E-state index < -0.39 is 0 Å². The van der Waals surface area contributed by atoms with E-state index in [0.717, 1.165) is 26.4 Å². The van der Waals surface area contributed by atoms with Gasteiger partial charge in [-0.3, -0.25) is 0 Å². The molecule has 0 aromatic heterocycles. The minimum absolute atomic E-state index is 0.500. The predicted octanol–water partition coefficient (Wildman–Crippen LogP) is 6.21. The highest BCUT2D eigenvalue weighted by Crippen LogP contribution is 2.15. The molecule has 2 saturated heterocycles. The van der Waals surface area contributed by atoms with Gasteiger partial charge in [-0.15, -0.1) is 0 Å². The van der Waals surface area contributed by atoms with Gasteiger partial charge in [-0.1, -0.05) is 80.1 Å². The molecule has 0 aromatic rings. The normalized spacial score (nSPS) is 18.3. The summed E-state index contributed by atoms with van der Waals surface area (Å²) in [6, 6.07) is 0. The van der Waals surface area contributed by atoms with Crippen molar-refractivity contribution in [1.29, 1.82) is 0 Å². The van der Waals surface area contributed by atoms with Crippen LogP contribution in [0.2, 0.25) is 0 Å². The molecule has 0 bridgehead atoms. The second-order valence-corrected chi connectivity index (χ2v) is 4.38. The summed E-state index contributed by atoms with van der Waals surface area (Å²) in [6.07, 6.45) is 11.6. The van der Waals surface area contributed by atoms with Crippen LogP contribution in [0.1, 0.15) is 92.9 Å². The third kappa shape index (κ3) is 28.1. The quantitative estimate of drug-likeness (QED) is 0.531. The summed E-state index contributed by atoms with van der Waals surface area (Å²) in [5.41, 5.74) is 0. The molecule has 3 nitrogen and oxygen atoms in total. The molecule has 138 valence electrons. The molecule has 3 heteroatoms. The van der Waals surface area contributed by atoms with Crippen LogP contribution in [-0.2, 0) is 14.2 Å². The van der Waals surface area contributed by atoms with Crippen molar-refractivity contribution < 1.29 is 14.2 Å². The van der Waals surface area contributed by atoms with E-state index in [0.29, 0.717) is 6.79 Å². The van der Waals surface area contributed by atoms with E-state index in [1.54, 1.807) is 0 Å². The zero-order chi connectivity index (χ0) is 17.3. The molecule has 3 rings (SSSR count). The summed E-state index contributed by atoms with van der Waals surface area (Å²) in [5.74, 6) is 0. The van der Waals surface area contributed by atoms with E-state index in [2.05, 4.69) is 0 Å². The largest absolute Gasteiger partial charge is 0.381 e. The molecule has 3 fully saturated rings. The van der Waals surface area contributed by atoms with Crippen molar-refractivity contribution in [3.05, 3.63) is 0 Å². The highest BCUT2D eigenvalue weighted by Gasteiger charge is 1.96. The summed E-state index contributed by atoms with van der Waals surface area (Å²) in [5, 5.41) is 0. The van der Waals surface area contributed by atoms with Crippen molar-refractivity contribution in [3.63, 3.8) is 0 Å². The van der Waals surface area contributed by atoms with Crippen LogP contribution >= 0.6 is 0 Å². The molecular weight excluding hydrogens is 276 g/mol. The first kappa shape index (κ1) is 26.8. The van der Waals surface area contributed by atoms with Crippen molar-refractivity contribution >= 4 is 0 Å². The van der Waals surface area contributed by atoms with Crippen molar-refractivity contribution in [3.8, 4) is 0 Å². The lowest BCUT2D eigenvalue weighted by Gasteiger charge is -2.05. The number of hydrogen-bond acceptors (Lipinski definition) is 3. The molecule has 0 amide bonds. The molecule has 0 aromatic carbocycles. The van der Waals surface area contributed by atoms with Gasteiger partial charge in [-0.25, -0.2) is 0 Å². The van der Waals surface area contributed by atoms with Crippen LogP contribution in [0.4, 0.5) is 0 Å². The fourth-order valence-corrected chi connectivity index (χ4v) is 1.87. The summed E-state index contributed by atoms with van der Waals surface area (Å²) < 4.78 is 14.4. The van der Waals surface area contributed by atoms with Crippen molar-refractivity contribution in [1.82, 2.24) is 0 Å². The lowest BCUT2D eigenvalue weighted by Crippen LogP contribution is -1.85. The molecule has 2 aliphatic heterocycles. The molecule has 2 heterocycles. The van der Waals surface area contributed by atoms with Gasteiger partial charge in [-0.05, 0) is 12.8 Å². The Bertz CT molecular complexity index is 91.9. The van der Waals surface area contributed by atoms with Gasteiger partial charge in [0.15, 0.2) is 0 Å². The van der Waals surface area contributed by atoms with Gasteiger partial charge < -0.3 is 14.2 Å². The Morgan fingerprint density at radius 1 is 0.364 bits per heavy atom. The van der Waals surface area contributed by atoms with Crippen LogP contribution in [0.25, 0.3) is 0 Å². The summed E-state index contributed by atoms with van der Waals surface area (Å²) in [6.45, 7) is 16.1. The maximum atomic E-state index is 4.94. The fourth-order valence-electron chi connectivity index (χ4n) is 1.87. The minimum Gasteiger partial charge on any atom is -0.381 e. The van der Waals surface area contributed by atoms with Gasteiger partial charge in [0.25, 0.3) is 0 Å². The molecule has 1 aliphatic carbocycles. The molecule has 3 aliphatic rings. The second-order valence-electron chi connectivity index (χ2n) is 4.38. The highest BCUT2D eigenvalue weighted by atomic mass is 16.7. The zero-order valence-electron chi connectivity index (χ0n) is 16.4. The maximum Gasteiger partial charge on any atom is 0.146 e. The number of hydrogen-bond donors (Lipinski definition) is 0. The molecule has 0 N–H and O–H groups in total. The smallest absolute Gasteiger partial charge is 0.146 e. The van der Waals surface area contributed by atoms with Crippen LogP contribution < -0.4 is 0 Å². The van der Waals surface area contributed by atoms with Crippen LogP contribution in [0.15, 0.2) is 0 Å². The molecule has 22 heavy (non-hydrogen) atoms. The van der Waals surface area contributed by atoms with Gasteiger partial charge in [0, 0.05) is 13.2 Å². The van der Waals surface area contributed by atoms with Gasteiger partial charge in [0.1, 0.15) is 6.79 Å². The first-order chi connectivity index (χ1) is 11.0. The van der Waals surface area contributed by atoms with Crippen LogP contribution in [0.3, 0.4) is 0 Å². The van der Waals surface area contributed by atoms with Crippen molar-refractivity contribution in [2.75, 3.05) is 33.2 Å². The van der Waals surface area contributed by atoms with E-state index in [1.165, 1.54) is 51.4 Å². The monoisotopic (exact) mass is 320 g/mol. The lowest BCUT2D eigenvalue weighted by atomic mass is 10.0. The minimum atomic E-state index is 0.500. The van der Waals surface area contributed by atoms with Gasteiger partial charge >= 0.3 is 0 Å². The average Bonchev–Trinajstić information content (AvgIpc) is 3.40. The Morgan fingerprint density at radius 3 is 0.818 bits per heavy atom. The van der Waals surface area contributed by atoms with Crippen LogP contribution in [0.5, 0.6) is 0 Å². The Hall–Kier alpha value is -0.120. The SMILES string of the molecule is C1CCCCC1.C1CCOC1.C1COCO1.CC.CC.CC. The third-order valence-electron chi connectivity index (χ3n) is 2.87. The lowest BCUT2D eigenvalue weighted by molar-refractivity contribution is 0.0692. The van der Waals surface area contributed by atoms with Gasteiger partial charge in [-0.2, -0.15) is 0 Å². The topological polar surface area (TPSA) is 27.7 Å². The summed E-state index contributed by atoms with van der Waals surface area (Å²) in [4.78, 5) is 0. The summed E-state index contributed by atoms with van der Waals surface area (Å²) >= 11 is 0. The molecule has 1 saturated carbocycles. The van der Waals surface area contributed by atoms with Crippen LogP contribution in [-0.4, -0.2) is 33.2 Å². The molecular formula is C19H44O3. The molecule has 0 radical (unpaired) electrons. The second kappa shape index (κ2) is 32.7. The Balaban J connectivity index is -0.000000212. The molecule has 0 spiro atoms. The maximum absolute atomic E-state index is 4.94. The van der Waals surface area contributed by atoms with E-state index in [4.69, 9.17) is 14.2 Å². The fraction of sp³-hybridized carbons (Fsp3) is 1.00. The molecule has 0 unspecified atom stereocenters. The van der Waals surface area contributed by atoms with E-state index >= 15 is 0 Å². The Morgan fingerprint density at radius 2 is 0.682 bits per heavy atom. The third-order valence-corrected chi connectivity index (χ3v) is 2.87. The van der Waals surface area contributed by atoms with E-state index in [9.17, 15) is 0 Å². The van der Waals surface area contributed by atoms with Crippen molar-refractivity contribution in [2.45, 2.75) is 92.9 Å². The van der Waals surface area contributed by atoms with E-state index in [1.807, 2.05) is 41.5 Å². The summed E-state index contributed by atoms with van der Waals surface area (Å²) in [7, 11) is 0. The standard InChI is InChI=1S/C6H12.C4H8O.C3H6O2.3C2H6/c1-2-4-6-5-3-1;1-2-4-5-3-1;1-2-5-3-4-1;3*1-2/h1-6H2;1-4H2;1-3H2;3*1-2H3. The molecule has 0 atom stereocenters. The average molecular weight is 321 g/mol. The van der Waals surface area contributed by atoms with Crippen molar-refractivity contribution in [2.24, 2.45) is 0 Å². The van der Waals surface area contributed by atoms with Gasteiger partial charge in [0.2, 0.25) is 0 Å². The highest BCUT2D eigenvalue weighted by molar-refractivity contribution is 4.51. The Labute approximate surface area is 141 Å². The Kier molecular flexibility index (Phi) is 39.8. The van der Waals surface area contributed by atoms with Gasteiger partial charge in [0.05, 0.1) is 13.2 Å². The first-order valence-corrected chi connectivity index (χ1v) is 9.73.